The summed E-state index contributed by atoms with van der Waals surface area (Å²) in [6.45, 7) is 0. The molecule has 1 aromatic carbocycles. The van der Waals surface area contributed by atoms with Crippen molar-refractivity contribution in [2.75, 3.05) is 5.01 Å². The van der Waals surface area contributed by atoms with Crippen LogP contribution in [0, 0.1) is 0 Å². The third kappa shape index (κ3) is 1.13. The lowest BCUT2D eigenvalue weighted by molar-refractivity contribution is 0.557. The number of para-hydroxylation sites is 1. The lowest BCUT2D eigenvalue weighted by Crippen LogP contribution is -2.36. The number of hydrazine groups is 1. The standard InChI is InChI=1S/C11H8IN5/c12-16-7-14-11-8-3-1-2-4-9(8)15-6-13-5-10(15)17(11)16/h1-7,11H. The highest BCUT2D eigenvalue weighted by Crippen LogP contribution is 2.42. The molecule has 0 bridgehead atoms. The first-order valence-corrected chi connectivity index (χ1v) is 6.22. The van der Waals surface area contributed by atoms with Crippen molar-refractivity contribution in [2.45, 2.75) is 6.17 Å². The molecule has 6 heteroatoms. The summed E-state index contributed by atoms with van der Waals surface area (Å²) in [6, 6.07) is 8.30. The van der Waals surface area contributed by atoms with E-state index in [0.29, 0.717) is 0 Å². The second kappa shape index (κ2) is 3.22. The van der Waals surface area contributed by atoms with Gasteiger partial charge in [0.1, 0.15) is 12.7 Å². The molecule has 2 aliphatic heterocycles. The highest BCUT2D eigenvalue weighted by atomic mass is 127. The SMILES string of the molecule is IN1C=NC2c3ccccc3-n3cncc3N21. The molecule has 1 aromatic heterocycles. The van der Waals surface area contributed by atoms with Crippen molar-refractivity contribution in [1.29, 1.82) is 0 Å². The molecule has 1 unspecified atom stereocenters. The third-order valence-corrected chi connectivity index (χ3v) is 3.78. The lowest BCUT2D eigenvalue weighted by Gasteiger charge is -2.34. The highest BCUT2D eigenvalue weighted by Gasteiger charge is 2.36. The number of hydrogen-bond acceptors (Lipinski definition) is 4. The van der Waals surface area contributed by atoms with Gasteiger partial charge in [0.15, 0.2) is 12.0 Å². The Labute approximate surface area is 112 Å². The van der Waals surface area contributed by atoms with Crippen LogP contribution in [0.1, 0.15) is 11.7 Å². The minimum Gasteiger partial charge on any atom is -0.284 e. The Morgan fingerprint density at radius 2 is 2.12 bits per heavy atom. The largest absolute Gasteiger partial charge is 0.284 e. The molecule has 84 valence electrons. The average molecular weight is 337 g/mol. The van der Waals surface area contributed by atoms with Gasteiger partial charge in [-0.2, -0.15) is 0 Å². The molecule has 4 rings (SSSR count). The van der Waals surface area contributed by atoms with Crippen molar-refractivity contribution in [3.8, 4) is 5.69 Å². The Hall–Kier alpha value is -1.57. The van der Waals surface area contributed by atoms with E-state index in [2.05, 4.69) is 54.5 Å². The van der Waals surface area contributed by atoms with Gasteiger partial charge in [0, 0.05) is 5.56 Å². The van der Waals surface area contributed by atoms with Gasteiger partial charge in [-0.05, 0) is 6.07 Å². The highest BCUT2D eigenvalue weighted by molar-refractivity contribution is 14.1. The maximum atomic E-state index is 4.54. The van der Waals surface area contributed by atoms with E-state index in [1.54, 1.807) is 0 Å². The Morgan fingerprint density at radius 3 is 3.06 bits per heavy atom. The lowest BCUT2D eigenvalue weighted by atomic mass is 10.1. The number of imidazole rings is 1. The molecule has 1 atom stereocenters. The fourth-order valence-electron chi connectivity index (χ4n) is 2.35. The van der Waals surface area contributed by atoms with Crippen molar-refractivity contribution in [3.05, 3.63) is 42.4 Å². The minimum atomic E-state index is 0.0345. The van der Waals surface area contributed by atoms with Crippen molar-refractivity contribution in [1.82, 2.24) is 12.8 Å². The first-order valence-electron chi connectivity index (χ1n) is 5.25. The molecule has 0 fully saturated rings. The van der Waals surface area contributed by atoms with E-state index in [4.69, 9.17) is 0 Å². The van der Waals surface area contributed by atoms with Crippen LogP contribution in [-0.4, -0.2) is 19.1 Å². The molecule has 0 saturated heterocycles. The molecule has 17 heavy (non-hydrogen) atoms. The quantitative estimate of drug-likeness (QED) is 0.547. The first-order chi connectivity index (χ1) is 8.36. The maximum Gasteiger partial charge on any atom is 0.171 e. The Morgan fingerprint density at radius 1 is 1.24 bits per heavy atom. The van der Waals surface area contributed by atoms with E-state index in [9.17, 15) is 0 Å². The summed E-state index contributed by atoms with van der Waals surface area (Å²) in [7, 11) is 0. The zero-order valence-electron chi connectivity index (χ0n) is 8.73. The molecule has 0 spiro atoms. The van der Waals surface area contributed by atoms with Crippen molar-refractivity contribution >= 4 is 35.0 Å². The van der Waals surface area contributed by atoms with E-state index in [0.717, 1.165) is 11.5 Å². The Bertz CT molecular complexity index is 620. The Balaban J connectivity index is 2.04. The van der Waals surface area contributed by atoms with Gasteiger partial charge in [-0.25, -0.2) is 18.2 Å². The number of benzene rings is 1. The van der Waals surface area contributed by atoms with Crippen molar-refractivity contribution in [3.63, 3.8) is 0 Å². The number of hydrogen-bond donors (Lipinski definition) is 0. The summed E-state index contributed by atoms with van der Waals surface area (Å²) >= 11 is 2.23. The number of aromatic nitrogens is 2. The second-order valence-electron chi connectivity index (χ2n) is 3.95. The predicted octanol–water partition coefficient (Wildman–Crippen LogP) is 2.30. The van der Waals surface area contributed by atoms with Crippen molar-refractivity contribution < 1.29 is 0 Å². The van der Waals surface area contributed by atoms with Gasteiger partial charge in [-0.1, -0.05) is 18.2 Å². The van der Waals surface area contributed by atoms with E-state index < -0.39 is 0 Å². The number of nitrogens with zero attached hydrogens (tertiary/aromatic N) is 5. The molecule has 3 heterocycles. The molecule has 0 aliphatic carbocycles. The normalized spacial score (nSPS) is 20.2. The second-order valence-corrected chi connectivity index (χ2v) is 4.94. The zero-order valence-corrected chi connectivity index (χ0v) is 10.9. The smallest absolute Gasteiger partial charge is 0.171 e. The Kier molecular flexibility index (Phi) is 1.79. The molecule has 2 aromatic rings. The van der Waals surface area contributed by atoms with Gasteiger partial charge in [-0.3, -0.25) is 4.57 Å². The van der Waals surface area contributed by atoms with Crippen LogP contribution in [0.5, 0.6) is 0 Å². The van der Waals surface area contributed by atoms with Gasteiger partial charge < -0.3 is 0 Å². The van der Waals surface area contributed by atoms with Gasteiger partial charge in [0.05, 0.1) is 34.7 Å². The van der Waals surface area contributed by atoms with Crippen LogP contribution >= 0.6 is 22.9 Å². The number of rotatable bonds is 0. The molecule has 5 nitrogen and oxygen atoms in total. The number of aliphatic imine (C=N–C) groups is 1. The van der Waals surface area contributed by atoms with Gasteiger partial charge in [-0.15, -0.1) is 0 Å². The molecular formula is C11H8IN5. The number of anilines is 1. The molecule has 2 aliphatic rings. The first kappa shape index (κ1) is 9.46. The molecule has 0 radical (unpaired) electrons. The molecular weight excluding hydrogens is 329 g/mol. The summed E-state index contributed by atoms with van der Waals surface area (Å²) < 4.78 is 4.05. The van der Waals surface area contributed by atoms with Crippen LogP contribution in [0.2, 0.25) is 0 Å². The topological polar surface area (TPSA) is 36.7 Å². The average Bonchev–Trinajstić information content (AvgIpc) is 2.96. The number of halogens is 1. The summed E-state index contributed by atoms with van der Waals surface area (Å²) in [5, 5.41) is 2.12. The summed E-state index contributed by atoms with van der Waals surface area (Å²) in [6.07, 6.45) is 5.58. The van der Waals surface area contributed by atoms with Gasteiger partial charge in [0.2, 0.25) is 0 Å². The zero-order chi connectivity index (χ0) is 11.4. The van der Waals surface area contributed by atoms with Gasteiger partial charge >= 0.3 is 0 Å². The van der Waals surface area contributed by atoms with Gasteiger partial charge in [0.25, 0.3) is 0 Å². The van der Waals surface area contributed by atoms with E-state index in [1.165, 1.54) is 5.56 Å². The number of fused-ring (bicyclic) bond motifs is 6. The van der Waals surface area contributed by atoms with Crippen LogP contribution in [-0.2, 0) is 0 Å². The van der Waals surface area contributed by atoms with E-state index in [-0.39, 0.29) is 6.17 Å². The van der Waals surface area contributed by atoms with E-state index >= 15 is 0 Å². The fraction of sp³-hybridized carbons (Fsp3) is 0.0909. The molecule has 0 saturated carbocycles. The van der Waals surface area contributed by atoms with Crippen LogP contribution in [0.25, 0.3) is 5.69 Å². The maximum absolute atomic E-state index is 4.54. The summed E-state index contributed by atoms with van der Waals surface area (Å²) in [4.78, 5) is 8.77. The van der Waals surface area contributed by atoms with Crippen LogP contribution in [0.3, 0.4) is 0 Å². The summed E-state index contributed by atoms with van der Waals surface area (Å²) in [5.41, 5.74) is 2.36. The predicted molar refractivity (Wildman–Crippen MR) is 73.1 cm³/mol. The monoisotopic (exact) mass is 337 g/mol. The minimum absolute atomic E-state index is 0.0345. The van der Waals surface area contributed by atoms with Crippen LogP contribution in [0.15, 0.2) is 41.8 Å². The van der Waals surface area contributed by atoms with Crippen LogP contribution in [0.4, 0.5) is 5.82 Å². The summed E-state index contributed by atoms with van der Waals surface area (Å²) in [5.74, 6) is 1.04. The third-order valence-electron chi connectivity index (χ3n) is 3.07. The van der Waals surface area contributed by atoms with E-state index in [1.807, 2.05) is 34.2 Å². The fourth-order valence-corrected chi connectivity index (χ4v) is 2.95. The molecule has 0 amide bonds. The van der Waals surface area contributed by atoms with Crippen molar-refractivity contribution in [2.24, 2.45) is 4.99 Å². The molecule has 0 N–H and O–H groups in total. The van der Waals surface area contributed by atoms with Crippen LogP contribution < -0.4 is 5.01 Å².